The van der Waals surface area contributed by atoms with E-state index in [4.69, 9.17) is 14.3 Å². The van der Waals surface area contributed by atoms with Gasteiger partial charge in [0.15, 0.2) is 6.54 Å². The van der Waals surface area contributed by atoms with Crippen molar-refractivity contribution < 1.29 is 29.2 Å². The average molecular weight is 277 g/mol. The second-order valence-electron chi connectivity index (χ2n) is 3.62. The predicted molar refractivity (Wildman–Crippen MR) is 62.9 cm³/mol. The fraction of sp³-hybridized carbons (Fsp3) is 0.400. The molecule has 0 aliphatic carbocycles. The molecule has 2 atom stereocenters. The summed E-state index contributed by atoms with van der Waals surface area (Å²) in [7, 11) is -1.81. The van der Waals surface area contributed by atoms with E-state index in [-0.39, 0.29) is 5.56 Å². The lowest BCUT2D eigenvalue weighted by atomic mass is 10.1. The van der Waals surface area contributed by atoms with Crippen molar-refractivity contribution in [3.05, 3.63) is 41.1 Å². The Balaban J connectivity index is 3.31. The molecule has 7 nitrogen and oxygen atoms in total. The number of aliphatic hydroxyl groups is 1. The van der Waals surface area contributed by atoms with Crippen LogP contribution in [0.5, 0.6) is 0 Å². The van der Waals surface area contributed by atoms with Crippen LogP contribution in [0.1, 0.15) is 5.56 Å². The number of hydroxylamine groups is 2. The average Bonchev–Trinajstić information content (AvgIpc) is 2.37. The van der Waals surface area contributed by atoms with Crippen molar-refractivity contribution in [3.63, 3.8) is 0 Å². The van der Waals surface area contributed by atoms with E-state index in [1.807, 2.05) is 0 Å². The zero-order valence-electron chi connectivity index (χ0n) is 10.1. The van der Waals surface area contributed by atoms with Crippen LogP contribution < -0.4 is 5.23 Å². The van der Waals surface area contributed by atoms with Crippen molar-refractivity contribution in [3.8, 4) is 0 Å². The van der Waals surface area contributed by atoms with Gasteiger partial charge in [-0.3, -0.25) is 4.57 Å². The van der Waals surface area contributed by atoms with E-state index >= 15 is 0 Å². The minimum atomic E-state index is -4.00. The van der Waals surface area contributed by atoms with Crippen LogP contribution in [0.2, 0.25) is 0 Å². The van der Waals surface area contributed by atoms with Crippen LogP contribution in [0.3, 0.4) is 0 Å². The van der Waals surface area contributed by atoms with Gasteiger partial charge in [0.2, 0.25) is 5.34 Å². The lowest BCUT2D eigenvalue weighted by Crippen LogP contribution is -3.06. The molecule has 18 heavy (non-hydrogen) atoms. The molecule has 1 unspecified atom stereocenters. The van der Waals surface area contributed by atoms with E-state index in [0.29, 0.717) is 0 Å². The molecule has 0 aliphatic rings. The van der Waals surface area contributed by atoms with Gasteiger partial charge in [-0.05, 0) is 0 Å². The molecule has 0 aromatic heterocycles. The van der Waals surface area contributed by atoms with Gasteiger partial charge in [0.1, 0.15) is 0 Å². The second-order valence-corrected chi connectivity index (χ2v) is 6.08. The van der Waals surface area contributed by atoms with Gasteiger partial charge in [0, 0.05) is 19.8 Å². The summed E-state index contributed by atoms with van der Waals surface area (Å²) in [6, 6.07) is 7.81. The highest BCUT2D eigenvalue weighted by molar-refractivity contribution is 7.54. The Kier molecular flexibility index (Phi) is 5.01. The van der Waals surface area contributed by atoms with E-state index in [0.717, 1.165) is 14.2 Å². The number of hydrogen-bond donors (Lipinski definition) is 3. The number of rotatable bonds is 6. The van der Waals surface area contributed by atoms with Crippen LogP contribution in [0.15, 0.2) is 30.3 Å². The third-order valence-corrected chi connectivity index (χ3v) is 4.85. The first-order chi connectivity index (χ1) is 8.39. The zero-order chi connectivity index (χ0) is 13.8. The van der Waals surface area contributed by atoms with Crippen molar-refractivity contribution >= 4 is 7.60 Å². The summed E-state index contributed by atoms with van der Waals surface area (Å²) in [5.74, 6) is 0. The molecule has 1 aromatic rings. The second kappa shape index (κ2) is 5.90. The Morgan fingerprint density at radius 3 is 2.22 bits per heavy atom. The Morgan fingerprint density at radius 1 is 1.33 bits per heavy atom. The molecule has 0 spiro atoms. The monoisotopic (exact) mass is 277 g/mol. The summed E-state index contributed by atoms with van der Waals surface area (Å²) in [6.07, 6.45) is 0. The zero-order valence-corrected chi connectivity index (χ0v) is 11.0. The molecule has 0 amide bonds. The third kappa shape index (κ3) is 2.78. The van der Waals surface area contributed by atoms with Gasteiger partial charge < -0.3 is 19.4 Å². The number of benzene rings is 1. The van der Waals surface area contributed by atoms with E-state index in [9.17, 15) is 14.9 Å². The minimum absolute atomic E-state index is 0.166. The first kappa shape index (κ1) is 15.3. The highest BCUT2D eigenvalue weighted by Crippen LogP contribution is 2.61. The highest BCUT2D eigenvalue weighted by atomic mass is 31.2. The van der Waals surface area contributed by atoms with Crippen molar-refractivity contribution in [1.82, 2.24) is 0 Å². The molecular formula is C10H16NO6P. The summed E-state index contributed by atoms with van der Waals surface area (Å²) < 4.78 is 21.8. The lowest BCUT2D eigenvalue weighted by molar-refractivity contribution is -1.05. The topological polar surface area (TPSA) is 103 Å². The van der Waals surface area contributed by atoms with Gasteiger partial charge in [0.05, 0.1) is 0 Å². The van der Waals surface area contributed by atoms with Crippen LogP contribution in [-0.4, -0.2) is 31.1 Å². The first-order valence-corrected chi connectivity index (χ1v) is 6.65. The minimum Gasteiger partial charge on any atom is -0.600 e. The molecule has 102 valence electrons. The maximum absolute atomic E-state index is 12.4. The summed E-state index contributed by atoms with van der Waals surface area (Å²) >= 11 is 0. The van der Waals surface area contributed by atoms with Gasteiger partial charge in [-0.2, -0.15) is 0 Å². The molecule has 0 aliphatic heterocycles. The molecule has 8 heteroatoms. The van der Waals surface area contributed by atoms with Crippen LogP contribution in [0.25, 0.3) is 0 Å². The molecule has 0 saturated carbocycles. The van der Waals surface area contributed by atoms with Gasteiger partial charge in [-0.1, -0.05) is 30.3 Å². The van der Waals surface area contributed by atoms with E-state index in [2.05, 4.69) is 0 Å². The fourth-order valence-corrected chi connectivity index (χ4v) is 3.20. The van der Waals surface area contributed by atoms with Crippen LogP contribution in [0, 0.1) is 5.21 Å². The quantitative estimate of drug-likeness (QED) is 0.503. The molecule has 0 radical (unpaired) electrons. The van der Waals surface area contributed by atoms with Crippen LogP contribution in [0.4, 0.5) is 0 Å². The fourth-order valence-electron chi connectivity index (χ4n) is 1.65. The summed E-state index contributed by atoms with van der Waals surface area (Å²) in [4.78, 5) is 0. The highest BCUT2D eigenvalue weighted by Gasteiger charge is 2.53. The molecule has 0 bridgehead atoms. The Hall–Kier alpha value is -0.790. The first-order valence-electron chi connectivity index (χ1n) is 5.11. The molecule has 0 heterocycles. The number of hydrogen-bond acceptors (Lipinski definition) is 6. The molecule has 3 N–H and O–H groups in total. The Morgan fingerprint density at radius 2 is 1.83 bits per heavy atom. The largest absolute Gasteiger partial charge is 0.600 e. The Labute approximate surface area is 105 Å². The van der Waals surface area contributed by atoms with Crippen molar-refractivity contribution in [1.29, 1.82) is 0 Å². The third-order valence-electron chi connectivity index (χ3n) is 2.57. The van der Waals surface area contributed by atoms with Crippen molar-refractivity contribution in [2.24, 2.45) is 0 Å². The van der Waals surface area contributed by atoms with Gasteiger partial charge in [0.25, 0.3) is 0 Å². The van der Waals surface area contributed by atoms with Crippen LogP contribution in [-0.2, 0) is 19.0 Å². The van der Waals surface area contributed by atoms with Crippen molar-refractivity contribution in [2.75, 3.05) is 20.8 Å². The number of quaternary nitrogens is 1. The molecule has 0 saturated heterocycles. The molecular weight excluding hydrogens is 261 g/mol. The maximum Gasteiger partial charge on any atom is 0.372 e. The smallest absolute Gasteiger partial charge is 0.372 e. The Bertz CT molecular complexity index is 418. The summed E-state index contributed by atoms with van der Waals surface area (Å²) in [6.45, 7) is -0.782. The van der Waals surface area contributed by atoms with Gasteiger partial charge in [-0.15, -0.1) is 0 Å². The maximum atomic E-state index is 12.4. The predicted octanol–water partition coefficient (Wildman–Crippen LogP) is 0.0895. The van der Waals surface area contributed by atoms with Gasteiger partial charge >= 0.3 is 7.60 Å². The molecule has 0 fully saturated rings. The van der Waals surface area contributed by atoms with Crippen molar-refractivity contribution in [2.45, 2.75) is 5.34 Å². The van der Waals surface area contributed by atoms with E-state index in [1.165, 1.54) is 12.1 Å². The lowest BCUT2D eigenvalue weighted by Gasteiger charge is -2.34. The SMILES string of the molecule is COP(=O)(OC)[C@@](O)(C[NH+]([O-])O)c1ccccc1. The number of nitrogens with one attached hydrogen (secondary N) is 1. The van der Waals surface area contributed by atoms with E-state index in [1.54, 1.807) is 18.2 Å². The normalized spacial score (nSPS) is 17.2. The van der Waals surface area contributed by atoms with Gasteiger partial charge in [-0.25, -0.2) is 10.4 Å². The summed E-state index contributed by atoms with van der Waals surface area (Å²) in [5, 5.41) is 26.7. The van der Waals surface area contributed by atoms with Crippen LogP contribution >= 0.6 is 7.60 Å². The standard InChI is InChI=1S/C10H16NO6P/c1-16-18(15,17-2)10(12,8-11(13)14)9-6-4-3-5-7-9/h3-7,11-13H,8H2,1-2H3/t10-/m0/s1. The van der Waals surface area contributed by atoms with E-state index < -0.39 is 24.7 Å². The molecule has 1 aromatic carbocycles. The summed E-state index contributed by atoms with van der Waals surface area (Å²) in [5.41, 5.74) is 0.166. The molecule has 1 rings (SSSR count).